The number of thiazole rings is 1. The maximum absolute atomic E-state index is 13.2. The Hall–Kier alpha value is -2.88. The molecule has 0 saturated carbocycles. The molecule has 1 aromatic heterocycles. The van der Waals surface area contributed by atoms with Crippen LogP contribution in [-0.4, -0.2) is 42.0 Å². The Morgan fingerprint density at radius 1 is 1.03 bits per heavy atom. The van der Waals surface area contributed by atoms with Gasteiger partial charge in [0.05, 0.1) is 15.5 Å². The Bertz CT molecular complexity index is 1220. The topological polar surface area (TPSA) is 96.4 Å². The molecule has 0 radical (unpaired) electrons. The molecule has 0 aliphatic carbocycles. The smallest absolute Gasteiger partial charge is 0.244 e. The lowest BCUT2D eigenvalue weighted by Crippen LogP contribution is -2.49. The molecular weight excluding hydrogens is 446 g/mol. The number of hydrogen-bond acceptors (Lipinski definition) is 6. The van der Waals surface area contributed by atoms with E-state index in [0.29, 0.717) is 23.4 Å². The third-order valence-corrected chi connectivity index (χ3v) is 8.32. The van der Waals surface area contributed by atoms with Crippen LogP contribution < -0.4 is 5.32 Å². The molecule has 7 nitrogen and oxygen atoms in total. The molecule has 2 heterocycles. The highest BCUT2D eigenvalue weighted by Gasteiger charge is 2.38. The summed E-state index contributed by atoms with van der Waals surface area (Å²) in [7, 11) is -3.81. The van der Waals surface area contributed by atoms with Crippen molar-refractivity contribution >= 4 is 38.2 Å². The number of hydrogen-bond donors (Lipinski definition) is 1. The highest BCUT2D eigenvalue weighted by atomic mass is 32.2. The first-order valence-corrected chi connectivity index (χ1v) is 12.6. The van der Waals surface area contributed by atoms with Crippen molar-refractivity contribution in [3.63, 3.8) is 0 Å². The molecule has 1 amide bonds. The van der Waals surface area contributed by atoms with Crippen LogP contribution in [0.3, 0.4) is 0 Å². The van der Waals surface area contributed by atoms with Crippen LogP contribution in [0.5, 0.6) is 0 Å². The molecule has 1 aliphatic rings. The molecule has 1 saturated heterocycles. The van der Waals surface area contributed by atoms with E-state index in [2.05, 4.69) is 10.3 Å². The molecule has 3 aromatic rings. The quantitative estimate of drug-likeness (QED) is 0.546. The molecule has 166 valence electrons. The molecule has 1 aliphatic heterocycles. The van der Waals surface area contributed by atoms with E-state index in [1.165, 1.54) is 23.4 Å². The number of nitrogens with one attached hydrogen (secondary N) is 1. The monoisotopic (exact) mass is 469 g/mol. The number of anilines is 1. The number of carbonyl (C=O) groups excluding carboxylic acids is 2. The zero-order chi connectivity index (χ0) is 22.7. The summed E-state index contributed by atoms with van der Waals surface area (Å²) in [5.74, 6) is -0.583. The molecule has 4 rings (SSSR count). The molecule has 1 atom stereocenters. The number of benzene rings is 2. The van der Waals surface area contributed by atoms with Crippen LogP contribution in [0, 0.1) is 0 Å². The molecule has 1 fully saturated rings. The Labute approximate surface area is 191 Å². The summed E-state index contributed by atoms with van der Waals surface area (Å²) in [4.78, 5) is 30.4. The highest BCUT2D eigenvalue weighted by Crippen LogP contribution is 2.32. The van der Waals surface area contributed by atoms with Crippen LogP contribution >= 0.6 is 11.3 Å². The van der Waals surface area contributed by atoms with E-state index in [1.54, 1.807) is 18.2 Å². The van der Waals surface area contributed by atoms with Gasteiger partial charge in [0.15, 0.2) is 10.9 Å². The molecule has 0 bridgehead atoms. The maximum atomic E-state index is 13.2. The van der Waals surface area contributed by atoms with E-state index in [1.807, 2.05) is 30.3 Å². The first-order valence-electron chi connectivity index (χ1n) is 10.3. The molecule has 0 spiro atoms. The molecule has 9 heteroatoms. The van der Waals surface area contributed by atoms with Gasteiger partial charge >= 0.3 is 0 Å². The van der Waals surface area contributed by atoms with E-state index >= 15 is 0 Å². The minimum Gasteiger partial charge on any atom is -0.301 e. The Kier molecular flexibility index (Phi) is 6.50. The average molecular weight is 470 g/mol. The Morgan fingerprint density at radius 3 is 2.34 bits per heavy atom. The lowest BCUT2D eigenvalue weighted by Gasteiger charge is -2.33. The van der Waals surface area contributed by atoms with Crippen molar-refractivity contribution in [2.75, 3.05) is 11.9 Å². The number of nitrogens with zero attached hydrogens (tertiary/aromatic N) is 2. The summed E-state index contributed by atoms with van der Waals surface area (Å²) < 4.78 is 27.6. The standard InChI is InChI=1S/C23H23N3O4S2/c1-16(27)21-20(17-10-4-2-5-11-17)24-23(31-21)25-22(28)19-14-8-9-15-26(19)32(29,30)18-12-6-3-7-13-18/h2-7,10-13,19H,8-9,14-15H2,1H3,(H,24,25,28)/t19-/m1/s1. The van der Waals surface area contributed by atoms with E-state index < -0.39 is 22.0 Å². The lowest BCUT2D eigenvalue weighted by molar-refractivity contribution is -0.120. The zero-order valence-corrected chi connectivity index (χ0v) is 19.2. The first kappa shape index (κ1) is 22.3. The zero-order valence-electron chi connectivity index (χ0n) is 17.5. The molecular formula is C23H23N3O4S2. The van der Waals surface area contributed by atoms with Crippen molar-refractivity contribution < 1.29 is 18.0 Å². The predicted octanol–water partition coefficient (Wildman–Crippen LogP) is 4.19. The number of Topliss-reactive ketones (excluding diaryl/α,β-unsaturated/α-hetero) is 1. The van der Waals surface area contributed by atoms with Gasteiger partial charge in [-0.2, -0.15) is 4.31 Å². The normalized spacial score (nSPS) is 17.1. The SMILES string of the molecule is CC(=O)c1sc(NC(=O)[C@H]2CCCCN2S(=O)(=O)c2ccccc2)nc1-c1ccccc1. The maximum Gasteiger partial charge on any atom is 0.244 e. The fraction of sp³-hybridized carbons (Fsp3) is 0.261. The number of carbonyl (C=O) groups is 2. The van der Waals surface area contributed by atoms with Gasteiger partial charge in [0.25, 0.3) is 0 Å². The van der Waals surface area contributed by atoms with Crippen molar-refractivity contribution in [1.82, 2.24) is 9.29 Å². The van der Waals surface area contributed by atoms with Crippen molar-refractivity contribution in [3.05, 3.63) is 65.5 Å². The summed E-state index contributed by atoms with van der Waals surface area (Å²) in [5, 5.41) is 3.04. The van der Waals surface area contributed by atoms with Crippen LogP contribution in [0.25, 0.3) is 11.3 Å². The summed E-state index contributed by atoms with van der Waals surface area (Å²) in [5.41, 5.74) is 1.29. The largest absolute Gasteiger partial charge is 0.301 e. The number of ketones is 1. The van der Waals surface area contributed by atoms with Crippen molar-refractivity contribution in [2.45, 2.75) is 37.1 Å². The van der Waals surface area contributed by atoms with Gasteiger partial charge in [-0.05, 0) is 25.0 Å². The van der Waals surface area contributed by atoms with Crippen LogP contribution in [0.1, 0.15) is 35.9 Å². The summed E-state index contributed by atoms with van der Waals surface area (Å²) in [6.45, 7) is 1.74. The van der Waals surface area contributed by atoms with Gasteiger partial charge in [-0.25, -0.2) is 13.4 Å². The van der Waals surface area contributed by atoms with Crippen LogP contribution in [0.2, 0.25) is 0 Å². The number of aromatic nitrogens is 1. The number of rotatable bonds is 6. The summed E-state index contributed by atoms with van der Waals surface area (Å²) in [6.07, 6.45) is 1.87. The van der Waals surface area contributed by atoms with E-state index in [4.69, 9.17) is 0 Å². The summed E-state index contributed by atoms with van der Waals surface area (Å²) >= 11 is 1.10. The van der Waals surface area contributed by atoms with Crippen LogP contribution in [0.15, 0.2) is 65.6 Å². The van der Waals surface area contributed by atoms with Crippen molar-refractivity contribution in [1.29, 1.82) is 0 Å². The van der Waals surface area contributed by atoms with Crippen molar-refractivity contribution in [2.24, 2.45) is 0 Å². The second kappa shape index (κ2) is 9.32. The van der Waals surface area contributed by atoms with E-state index in [0.717, 1.165) is 23.3 Å². The van der Waals surface area contributed by atoms with Gasteiger partial charge in [0.1, 0.15) is 6.04 Å². The minimum absolute atomic E-state index is 0.146. The second-order valence-electron chi connectivity index (χ2n) is 7.55. The third kappa shape index (κ3) is 4.50. The number of piperidine rings is 1. The minimum atomic E-state index is -3.81. The van der Waals surface area contributed by atoms with Gasteiger partial charge in [0.2, 0.25) is 15.9 Å². The van der Waals surface area contributed by atoms with E-state index in [-0.39, 0.29) is 22.4 Å². The fourth-order valence-corrected chi connectivity index (χ4v) is 6.34. The van der Waals surface area contributed by atoms with Gasteiger partial charge in [0, 0.05) is 19.0 Å². The number of sulfonamides is 1. The Balaban J connectivity index is 1.61. The number of amides is 1. The van der Waals surface area contributed by atoms with Crippen LogP contribution in [-0.2, 0) is 14.8 Å². The molecule has 2 aromatic carbocycles. The predicted molar refractivity (Wildman–Crippen MR) is 124 cm³/mol. The van der Waals surface area contributed by atoms with E-state index in [9.17, 15) is 18.0 Å². The average Bonchev–Trinajstić information content (AvgIpc) is 3.24. The van der Waals surface area contributed by atoms with Crippen molar-refractivity contribution in [3.8, 4) is 11.3 Å². The van der Waals surface area contributed by atoms with Gasteiger partial charge in [-0.15, -0.1) is 0 Å². The molecule has 0 unspecified atom stereocenters. The first-order chi connectivity index (χ1) is 15.4. The Morgan fingerprint density at radius 2 is 1.69 bits per heavy atom. The molecule has 32 heavy (non-hydrogen) atoms. The highest BCUT2D eigenvalue weighted by molar-refractivity contribution is 7.89. The lowest BCUT2D eigenvalue weighted by atomic mass is 10.0. The van der Waals surface area contributed by atoms with Gasteiger partial charge < -0.3 is 5.32 Å². The molecule has 1 N–H and O–H groups in total. The van der Waals surface area contributed by atoms with Gasteiger partial charge in [-0.3, -0.25) is 9.59 Å². The fourth-order valence-electron chi connectivity index (χ4n) is 3.78. The van der Waals surface area contributed by atoms with Gasteiger partial charge in [-0.1, -0.05) is 66.3 Å². The third-order valence-electron chi connectivity index (χ3n) is 5.33. The summed E-state index contributed by atoms with van der Waals surface area (Å²) in [6, 6.07) is 16.6. The van der Waals surface area contributed by atoms with Crippen LogP contribution in [0.4, 0.5) is 5.13 Å². The second-order valence-corrected chi connectivity index (χ2v) is 10.4.